The molecule has 1 atom stereocenters. The lowest BCUT2D eigenvalue weighted by Gasteiger charge is -2.12. The van der Waals surface area contributed by atoms with Gasteiger partial charge < -0.3 is 9.84 Å². The van der Waals surface area contributed by atoms with Crippen molar-refractivity contribution in [2.75, 3.05) is 0 Å². The van der Waals surface area contributed by atoms with Crippen LogP contribution in [0, 0.1) is 6.92 Å². The molecule has 0 fully saturated rings. The van der Waals surface area contributed by atoms with Crippen molar-refractivity contribution in [3.8, 4) is 22.2 Å². The van der Waals surface area contributed by atoms with Gasteiger partial charge in [0.1, 0.15) is 11.4 Å². The Labute approximate surface area is 175 Å². The molecule has 0 aromatic carbocycles. The van der Waals surface area contributed by atoms with Crippen molar-refractivity contribution in [3.63, 3.8) is 0 Å². The van der Waals surface area contributed by atoms with E-state index in [2.05, 4.69) is 25.4 Å². The van der Waals surface area contributed by atoms with Crippen molar-refractivity contribution < 1.29 is 9.32 Å². The first kappa shape index (κ1) is 19.9. The summed E-state index contributed by atoms with van der Waals surface area (Å²) in [6.07, 6.45) is 5.52. The number of thiophene rings is 1. The molecule has 10 heteroatoms. The van der Waals surface area contributed by atoms with Crippen LogP contribution in [-0.4, -0.2) is 36.6 Å². The smallest absolute Gasteiger partial charge is 0.268 e. The summed E-state index contributed by atoms with van der Waals surface area (Å²) in [4.78, 5) is 39.2. The maximum Gasteiger partial charge on any atom is 0.268 e. The summed E-state index contributed by atoms with van der Waals surface area (Å²) in [5, 5.41) is 7.34. The number of carbonyl (C=O) groups is 1. The third kappa shape index (κ3) is 3.73. The lowest BCUT2D eigenvalue weighted by Crippen LogP contribution is -2.37. The molecule has 0 aliphatic carbocycles. The Morgan fingerprint density at radius 1 is 1.33 bits per heavy atom. The molecule has 0 aliphatic rings. The van der Waals surface area contributed by atoms with Crippen LogP contribution in [0.3, 0.4) is 0 Å². The summed E-state index contributed by atoms with van der Waals surface area (Å²) in [6, 6.07) is 3.63. The molecule has 1 amide bonds. The minimum Gasteiger partial charge on any atom is -0.352 e. The number of nitrogens with zero attached hydrogens (tertiary/aromatic N) is 5. The molecule has 0 spiro atoms. The highest BCUT2D eigenvalue weighted by Crippen LogP contribution is 2.35. The van der Waals surface area contributed by atoms with Crippen LogP contribution >= 0.6 is 11.3 Å². The molecular weight excluding hydrogens is 404 g/mol. The van der Waals surface area contributed by atoms with Gasteiger partial charge in [-0.1, -0.05) is 12.1 Å². The van der Waals surface area contributed by atoms with Crippen molar-refractivity contribution in [2.24, 2.45) is 0 Å². The van der Waals surface area contributed by atoms with Crippen LogP contribution in [0.25, 0.3) is 32.4 Å². The quantitative estimate of drug-likeness (QED) is 0.506. The average molecular weight is 424 g/mol. The van der Waals surface area contributed by atoms with Crippen LogP contribution in [0.4, 0.5) is 0 Å². The zero-order valence-corrected chi connectivity index (χ0v) is 17.6. The normalized spacial score (nSPS) is 12.2. The average Bonchev–Trinajstić information content (AvgIpc) is 3.36. The summed E-state index contributed by atoms with van der Waals surface area (Å²) in [6.45, 7) is 5.64. The van der Waals surface area contributed by atoms with Crippen molar-refractivity contribution in [2.45, 2.75) is 39.8 Å². The van der Waals surface area contributed by atoms with Gasteiger partial charge in [0.2, 0.25) is 11.7 Å². The van der Waals surface area contributed by atoms with Crippen molar-refractivity contribution in [1.29, 1.82) is 0 Å². The Balaban J connectivity index is 1.68. The van der Waals surface area contributed by atoms with Gasteiger partial charge in [-0.3, -0.25) is 19.1 Å². The molecule has 0 bridgehead atoms. The lowest BCUT2D eigenvalue weighted by molar-refractivity contribution is -0.122. The van der Waals surface area contributed by atoms with Gasteiger partial charge in [-0.15, -0.1) is 11.3 Å². The molecule has 4 rings (SSSR count). The molecule has 4 aromatic rings. The topological polar surface area (TPSA) is 116 Å². The van der Waals surface area contributed by atoms with Crippen LogP contribution in [0.1, 0.15) is 25.8 Å². The van der Waals surface area contributed by atoms with Crippen LogP contribution in [-0.2, 0) is 11.3 Å². The van der Waals surface area contributed by atoms with E-state index in [1.165, 1.54) is 22.2 Å². The fraction of sp³-hybridized carbons (Fsp3) is 0.300. The Morgan fingerprint density at radius 3 is 2.83 bits per heavy atom. The second kappa shape index (κ2) is 8.15. The van der Waals surface area contributed by atoms with E-state index in [9.17, 15) is 9.59 Å². The van der Waals surface area contributed by atoms with E-state index in [1.54, 1.807) is 24.5 Å². The second-order valence-electron chi connectivity index (χ2n) is 6.95. The minimum atomic E-state index is -0.270. The standard InChI is InChI=1S/C20H20N6O3S/c1-4-11(2)23-14(27)9-26-10-22-19-15(20(26)28)12(3)16(30-19)18-24-17(25-29-18)13-5-7-21-8-6-13/h5-8,10-11H,4,9H2,1-3H3,(H,23,27). The summed E-state index contributed by atoms with van der Waals surface area (Å²) >= 11 is 1.31. The maximum absolute atomic E-state index is 13.0. The van der Waals surface area contributed by atoms with Crippen molar-refractivity contribution in [1.82, 2.24) is 30.0 Å². The van der Waals surface area contributed by atoms with Crippen molar-refractivity contribution >= 4 is 27.5 Å². The maximum atomic E-state index is 13.0. The van der Waals surface area contributed by atoms with Crippen LogP contribution in [0.2, 0.25) is 0 Å². The van der Waals surface area contributed by atoms with Crippen LogP contribution in [0.5, 0.6) is 0 Å². The summed E-state index contributed by atoms with van der Waals surface area (Å²) in [7, 11) is 0. The summed E-state index contributed by atoms with van der Waals surface area (Å²) in [5.74, 6) is 0.540. The highest BCUT2D eigenvalue weighted by molar-refractivity contribution is 7.22. The highest BCUT2D eigenvalue weighted by Gasteiger charge is 2.21. The number of amides is 1. The van der Waals surface area contributed by atoms with E-state index in [-0.39, 0.29) is 24.1 Å². The van der Waals surface area contributed by atoms with Gasteiger partial charge in [0.15, 0.2) is 0 Å². The van der Waals surface area contributed by atoms with E-state index < -0.39 is 0 Å². The first-order valence-electron chi connectivity index (χ1n) is 9.50. The number of nitrogens with one attached hydrogen (secondary N) is 1. The molecule has 0 aliphatic heterocycles. The SMILES string of the molecule is CCC(C)NC(=O)Cn1cnc2sc(-c3nc(-c4ccncc4)no3)c(C)c2c1=O. The number of fused-ring (bicyclic) bond motifs is 1. The Morgan fingerprint density at radius 2 is 2.10 bits per heavy atom. The minimum absolute atomic E-state index is 0.0477. The Kier molecular flexibility index (Phi) is 5.40. The van der Waals surface area contributed by atoms with Crippen molar-refractivity contribution in [3.05, 3.63) is 46.8 Å². The summed E-state index contributed by atoms with van der Waals surface area (Å²) in [5.41, 5.74) is 1.22. The third-order valence-corrected chi connectivity index (χ3v) is 6.00. The van der Waals surface area contributed by atoms with Gasteiger partial charge in [-0.05, 0) is 38.0 Å². The van der Waals surface area contributed by atoms with Gasteiger partial charge in [-0.25, -0.2) is 4.98 Å². The van der Waals surface area contributed by atoms with Gasteiger partial charge in [0.05, 0.1) is 16.6 Å². The van der Waals surface area contributed by atoms with E-state index >= 15 is 0 Å². The van der Waals surface area contributed by atoms with Gasteiger partial charge in [-0.2, -0.15) is 4.98 Å². The summed E-state index contributed by atoms with van der Waals surface area (Å²) < 4.78 is 6.75. The van der Waals surface area contributed by atoms with Crippen LogP contribution in [0.15, 0.2) is 40.2 Å². The number of hydrogen-bond acceptors (Lipinski definition) is 8. The highest BCUT2D eigenvalue weighted by atomic mass is 32.1. The second-order valence-corrected chi connectivity index (χ2v) is 7.95. The molecule has 30 heavy (non-hydrogen) atoms. The largest absolute Gasteiger partial charge is 0.352 e. The predicted octanol–water partition coefficient (Wildman–Crippen LogP) is 2.79. The molecule has 154 valence electrons. The first-order valence-corrected chi connectivity index (χ1v) is 10.3. The molecule has 9 nitrogen and oxygen atoms in total. The first-order chi connectivity index (χ1) is 14.5. The number of pyridine rings is 1. The molecule has 1 N–H and O–H groups in total. The molecule has 0 saturated carbocycles. The number of rotatable bonds is 6. The van der Waals surface area contributed by atoms with Gasteiger partial charge in [0.25, 0.3) is 11.4 Å². The third-order valence-electron chi connectivity index (χ3n) is 4.81. The molecule has 1 unspecified atom stereocenters. The van der Waals surface area contributed by atoms with Gasteiger partial charge in [0, 0.05) is 24.0 Å². The van der Waals surface area contributed by atoms with E-state index in [4.69, 9.17) is 4.52 Å². The fourth-order valence-electron chi connectivity index (χ4n) is 2.99. The van der Waals surface area contributed by atoms with Gasteiger partial charge >= 0.3 is 0 Å². The molecule has 4 heterocycles. The van der Waals surface area contributed by atoms with Crippen LogP contribution < -0.4 is 10.9 Å². The fourth-order valence-corrected chi connectivity index (χ4v) is 4.05. The predicted molar refractivity (Wildman–Crippen MR) is 113 cm³/mol. The number of hydrogen-bond donors (Lipinski definition) is 1. The van der Waals surface area contributed by atoms with E-state index in [0.29, 0.717) is 32.4 Å². The monoisotopic (exact) mass is 424 g/mol. The zero-order valence-electron chi connectivity index (χ0n) is 16.7. The molecule has 4 aromatic heterocycles. The van der Waals surface area contributed by atoms with E-state index in [1.807, 2.05) is 20.8 Å². The zero-order chi connectivity index (χ0) is 21.3. The molecule has 0 radical (unpaired) electrons. The Hall–Kier alpha value is -3.40. The number of aryl methyl sites for hydroxylation is 1. The lowest BCUT2D eigenvalue weighted by atomic mass is 10.2. The molecule has 0 saturated heterocycles. The van der Waals surface area contributed by atoms with E-state index in [0.717, 1.165) is 12.0 Å². The Bertz CT molecular complexity index is 1260. The number of aromatic nitrogens is 5. The molecular formula is C20H20N6O3S. The number of carbonyl (C=O) groups excluding carboxylic acids is 1.